The molecule has 1 amide bonds. The number of nitrogen functional groups attached to an aromatic ring is 1. The van der Waals surface area contributed by atoms with Gasteiger partial charge < -0.3 is 15.4 Å². The third-order valence-corrected chi connectivity index (χ3v) is 6.01. The van der Waals surface area contributed by atoms with Crippen LogP contribution in [0.2, 0.25) is 0 Å². The third kappa shape index (κ3) is 6.52. The molecule has 1 aromatic heterocycles. The lowest BCUT2D eigenvalue weighted by atomic mass is 10.1. The lowest BCUT2D eigenvalue weighted by Gasteiger charge is -2.26. The summed E-state index contributed by atoms with van der Waals surface area (Å²) in [6.07, 6.45) is 5.58. The first-order chi connectivity index (χ1) is 16.2. The number of nitrogens with one attached hydrogen (secondary N) is 1. The molecule has 0 unspecified atom stereocenters. The Balaban J connectivity index is 1.81. The smallest absolute Gasteiger partial charge is 0.330 e. The van der Waals surface area contributed by atoms with Gasteiger partial charge in [-0.15, -0.1) is 0 Å². The first kappa shape index (κ1) is 25.6. The Bertz CT molecular complexity index is 1100. The van der Waals surface area contributed by atoms with Crippen molar-refractivity contribution in [2.45, 2.75) is 78.9 Å². The molecular formula is C26H38N4O4. The van der Waals surface area contributed by atoms with E-state index >= 15 is 0 Å². The molecule has 8 heteroatoms. The average molecular weight is 471 g/mol. The average Bonchev–Trinajstić information content (AvgIpc) is 3.27. The van der Waals surface area contributed by atoms with Crippen molar-refractivity contribution in [2.75, 3.05) is 17.2 Å². The number of carbonyl (C=O) groups is 1. The number of carbonyl (C=O) groups excluding carboxylic acids is 1. The van der Waals surface area contributed by atoms with Crippen LogP contribution in [0.5, 0.6) is 5.75 Å². The molecule has 1 saturated carbocycles. The summed E-state index contributed by atoms with van der Waals surface area (Å²) >= 11 is 0. The molecule has 1 aliphatic carbocycles. The Morgan fingerprint density at radius 3 is 2.53 bits per heavy atom. The number of rotatable bonds is 10. The molecule has 34 heavy (non-hydrogen) atoms. The molecule has 0 bridgehead atoms. The molecule has 8 nitrogen and oxygen atoms in total. The Morgan fingerprint density at radius 1 is 1.18 bits per heavy atom. The van der Waals surface area contributed by atoms with E-state index in [4.69, 9.17) is 10.5 Å². The number of hydrogen-bond donors (Lipinski definition) is 2. The molecule has 0 saturated heterocycles. The lowest BCUT2D eigenvalue weighted by molar-refractivity contribution is -0.118. The van der Waals surface area contributed by atoms with Crippen LogP contribution in [0, 0.1) is 11.8 Å². The second kappa shape index (κ2) is 11.4. The summed E-state index contributed by atoms with van der Waals surface area (Å²) in [5.41, 5.74) is 6.14. The van der Waals surface area contributed by atoms with Gasteiger partial charge in [0.1, 0.15) is 11.6 Å². The van der Waals surface area contributed by atoms with Gasteiger partial charge in [-0.1, -0.05) is 39.8 Å². The van der Waals surface area contributed by atoms with Crippen molar-refractivity contribution in [3.05, 3.63) is 50.7 Å². The minimum Gasteiger partial charge on any atom is -0.490 e. The molecule has 3 N–H and O–H groups in total. The minimum absolute atomic E-state index is 0.0309. The molecule has 1 aliphatic rings. The van der Waals surface area contributed by atoms with E-state index in [1.807, 2.05) is 52.0 Å². The number of ether oxygens (including phenoxy) is 1. The van der Waals surface area contributed by atoms with Crippen LogP contribution in [0.4, 0.5) is 11.5 Å². The number of aromatic amines is 1. The Labute approximate surface area is 201 Å². The molecule has 2 aromatic rings. The van der Waals surface area contributed by atoms with Crippen molar-refractivity contribution in [3.8, 4) is 5.75 Å². The van der Waals surface area contributed by atoms with Gasteiger partial charge in [-0.3, -0.25) is 19.1 Å². The second-order valence-electron chi connectivity index (χ2n) is 10.1. The predicted octanol–water partition coefficient (Wildman–Crippen LogP) is 3.72. The maximum absolute atomic E-state index is 13.3. The van der Waals surface area contributed by atoms with E-state index < -0.39 is 11.2 Å². The number of benzene rings is 1. The predicted molar refractivity (Wildman–Crippen MR) is 135 cm³/mol. The van der Waals surface area contributed by atoms with Gasteiger partial charge in [0.05, 0.1) is 6.10 Å². The number of nitrogens with zero attached hydrogens (tertiary/aromatic N) is 2. The number of anilines is 2. The molecule has 1 heterocycles. The zero-order chi connectivity index (χ0) is 24.8. The highest BCUT2D eigenvalue weighted by Gasteiger charge is 2.25. The molecule has 1 aromatic carbocycles. The van der Waals surface area contributed by atoms with Crippen LogP contribution in [-0.4, -0.2) is 28.1 Å². The summed E-state index contributed by atoms with van der Waals surface area (Å²) in [5.74, 6) is 0.909. The highest BCUT2D eigenvalue weighted by molar-refractivity contribution is 5.95. The van der Waals surface area contributed by atoms with Crippen molar-refractivity contribution in [2.24, 2.45) is 11.8 Å². The maximum atomic E-state index is 13.3. The van der Waals surface area contributed by atoms with Crippen LogP contribution in [0.1, 0.15) is 65.4 Å². The summed E-state index contributed by atoms with van der Waals surface area (Å²) in [7, 11) is 0. The largest absolute Gasteiger partial charge is 0.490 e. The Hall–Kier alpha value is -3.03. The molecular weight excluding hydrogens is 432 g/mol. The highest BCUT2D eigenvalue weighted by Crippen LogP contribution is 2.25. The molecule has 0 atom stereocenters. The first-order valence-corrected chi connectivity index (χ1v) is 12.3. The van der Waals surface area contributed by atoms with Gasteiger partial charge in [-0.05, 0) is 61.6 Å². The van der Waals surface area contributed by atoms with Crippen LogP contribution in [0.25, 0.3) is 0 Å². The fourth-order valence-electron chi connectivity index (χ4n) is 4.43. The van der Waals surface area contributed by atoms with Crippen molar-refractivity contribution in [3.63, 3.8) is 0 Å². The number of aryl methyl sites for hydroxylation is 1. The second-order valence-corrected chi connectivity index (χ2v) is 10.1. The topological polar surface area (TPSA) is 110 Å². The molecule has 186 valence electrons. The zero-order valence-electron chi connectivity index (χ0n) is 20.8. The fourth-order valence-corrected chi connectivity index (χ4v) is 4.43. The minimum atomic E-state index is -0.636. The van der Waals surface area contributed by atoms with Crippen LogP contribution < -0.4 is 26.6 Å². The van der Waals surface area contributed by atoms with E-state index in [9.17, 15) is 14.4 Å². The summed E-state index contributed by atoms with van der Waals surface area (Å²) in [5, 5.41) is 0. The van der Waals surface area contributed by atoms with Crippen LogP contribution >= 0.6 is 0 Å². The summed E-state index contributed by atoms with van der Waals surface area (Å²) in [4.78, 5) is 42.2. The molecule has 0 radical (unpaired) electrons. The highest BCUT2D eigenvalue weighted by atomic mass is 16.5. The lowest BCUT2D eigenvalue weighted by Crippen LogP contribution is -2.43. The number of H-pyrrole nitrogens is 1. The van der Waals surface area contributed by atoms with Crippen molar-refractivity contribution >= 4 is 17.4 Å². The standard InChI is InChI=1S/C26H38N4O4/c1-17(2)15-29(23-24(27)30(16-18(3)4)26(33)28-25(23)32)22(31)13-12-19-8-7-11-21(14-19)34-20-9-5-6-10-20/h7-8,11,14,17-18,20H,5-6,9-10,12-13,15-16,27H2,1-4H3,(H,28,32,33). The zero-order valence-corrected chi connectivity index (χ0v) is 20.8. The van der Waals surface area contributed by atoms with Gasteiger partial charge in [-0.2, -0.15) is 0 Å². The quantitative estimate of drug-likeness (QED) is 0.550. The fraction of sp³-hybridized carbons (Fsp3) is 0.577. The molecule has 1 fully saturated rings. The number of hydrogen-bond acceptors (Lipinski definition) is 5. The maximum Gasteiger partial charge on any atom is 0.330 e. The normalized spacial score (nSPS) is 14.2. The van der Waals surface area contributed by atoms with Gasteiger partial charge in [-0.25, -0.2) is 4.79 Å². The number of aromatic nitrogens is 2. The first-order valence-electron chi connectivity index (χ1n) is 12.3. The van der Waals surface area contributed by atoms with Gasteiger partial charge in [0.25, 0.3) is 5.56 Å². The molecule has 3 rings (SSSR count). The van der Waals surface area contributed by atoms with E-state index in [0.717, 1.165) is 24.2 Å². The van der Waals surface area contributed by atoms with E-state index in [-0.39, 0.29) is 41.8 Å². The van der Waals surface area contributed by atoms with E-state index in [0.29, 0.717) is 19.5 Å². The van der Waals surface area contributed by atoms with Gasteiger partial charge in [0.15, 0.2) is 5.69 Å². The number of amides is 1. The number of nitrogens with two attached hydrogens (primary N) is 1. The SMILES string of the molecule is CC(C)CN(C(=O)CCc1cccc(OC2CCCC2)c1)c1c(N)n(CC(C)C)c(=O)[nH]c1=O. The summed E-state index contributed by atoms with van der Waals surface area (Å²) in [6, 6.07) is 7.86. The Morgan fingerprint density at radius 2 is 1.88 bits per heavy atom. The van der Waals surface area contributed by atoms with Crippen molar-refractivity contribution in [1.29, 1.82) is 0 Å². The van der Waals surface area contributed by atoms with Crippen LogP contribution in [-0.2, 0) is 17.8 Å². The van der Waals surface area contributed by atoms with Gasteiger partial charge in [0.2, 0.25) is 5.91 Å². The van der Waals surface area contributed by atoms with Crippen LogP contribution in [0.3, 0.4) is 0 Å². The summed E-state index contributed by atoms with van der Waals surface area (Å²) in [6.45, 7) is 8.54. The van der Waals surface area contributed by atoms with E-state index in [2.05, 4.69) is 4.98 Å². The van der Waals surface area contributed by atoms with Gasteiger partial charge >= 0.3 is 5.69 Å². The van der Waals surface area contributed by atoms with E-state index in [1.54, 1.807) is 0 Å². The van der Waals surface area contributed by atoms with Crippen LogP contribution in [0.15, 0.2) is 33.9 Å². The summed E-state index contributed by atoms with van der Waals surface area (Å²) < 4.78 is 7.43. The molecule has 0 spiro atoms. The van der Waals surface area contributed by atoms with E-state index in [1.165, 1.54) is 22.3 Å². The van der Waals surface area contributed by atoms with Crippen molar-refractivity contribution < 1.29 is 9.53 Å². The van der Waals surface area contributed by atoms with Crippen molar-refractivity contribution in [1.82, 2.24) is 9.55 Å². The molecule has 0 aliphatic heterocycles. The monoisotopic (exact) mass is 470 g/mol. The third-order valence-electron chi connectivity index (χ3n) is 6.01. The Kier molecular flexibility index (Phi) is 8.58. The van der Waals surface area contributed by atoms with Gasteiger partial charge in [0, 0.05) is 19.5 Å².